The molecule has 0 radical (unpaired) electrons. The number of carbonyl (C=O) groups is 1. The molecular weight excluding hydrogens is 388 g/mol. The smallest absolute Gasteiger partial charge is 0.255 e. The number of benzene rings is 1. The summed E-state index contributed by atoms with van der Waals surface area (Å²) in [7, 11) is 0. The highest BCUT2D eigenvalue weighted by Gasteiger charge is 2.40. The van der Waals surface area contributed by atoms with E-state index in [0.717, 1.165) is 87.7 Å². The van der Waals surface area contributed by atoms with Crippen LogP contribution in [0, 0.1) is 5.92 Å². The van der Waals surface area contributed by atoms with Crippen LogP contribution in [0.1, 0.15) is 55.3 Å². The lowest BCUT2D eigenvalue weighted by Gasteiger charge is -2.35. The number of carbonyl (C=O) groups excluding carboxylic acids is 1. The van der Waals surface area contributed by atoms with Gasteiger partial charge in [-0.2, -0.15) is 5.10 Å². The van der Waals surface area contributed by atoms with E-state index >= 15 is 0 Å². The Balaban J connectivity index is 1.28. The average molecular weight is 419 g/mol. The Hall–Kier alpha value is -2.47. The maximum atomic E-state index is 13.9. The molecule has 3 heterocycles. The molecule has 6 nitrogen and oxygen atoms in total. The number of aromatic nitrogens is 2. The molecule has 1 amide bonds. The first-order chi connectivity index (χ1) is 15.3. The average Bonchev–Trinajstić information content (AvgIpc) is 3.37. The van der Waals surface area contributed by atoms with Gasteiger partial charge in [-0.25, -0.2) is 0 Å². The zero-order valence-corrected chi connectivity index (χ0v) is 18.0. The number of aliphatic imine (C=N–C) groups is 1. The molecule has 4 aliphatic rings. The number of fused-ring (bicyclic) bond motifs is 1. The first-order valence-electron chi connectivity index (χ1n) is 11.8. The van der Waals surface area contributed by atoms with Gasteiger partial charge in [0.2, 0.25) is 0 Å². The van der Waals surface area contributed by atoms with E-state index < -0.39 is 0 Å². The summed E-state index contributed by atoms with van der Waals surface area (Å²) in [6.07, 6.45) is 11.4. The van der Waals surface area contributed by atoms with Crippen LogP contribution in [0.25, 0.3) is 10.9 Å². The minimum atomic E-state index is 0.183. The van der Waals surface area contributed by atoms with E-state index in [1.807, 2.05) is 24.5 Å². The normalized spacial score (nSPS) is 24.1. The molecule has 0 bridgehead atoms. The molecule has 1 saturated heterocycles. The molecule has 1 aromatic heterocycles. The predicted octanol–water partition coefficient (Wildman–Crippen LogP) is 4.00. The fraction of sp³-hybridized carbons (Fsp3) is 0.560. The van der Waals surface area contributed by atoms with Gasteiger partial charge >= 0.3 is 0 Å². The Morgan fingerprint density at radius 1 is 1.13 bits per heavy atom. The molecule has 1 atom stereocenters. The predicted molar refractivity (Wildman–Crippen MR) is 120 cm³/mol. The Morgan fingerprint density at radius 2 is 2.00 bits per heavy atom. The minimum Gasteiger partial charge on any atom is -0.381 e. The lowest BCUT2D eigenvalue weighted by atomic mass is 9.88. The summed E-state index contributed by atoms with van der Waals surface area (Å²) in [6.45, 7) is 3.45. The summed E-state index contributed by atoms with van der Waals surface area (Å²) in [5.41, 5.74) is 4.74. The minimum absolute atomic E-state index is 0.183. The number of hydrogen-bond acceptors (Lipinski definition) is 4. The lowest BCUT2D eigenvalue weighted by molar-refractivity contribution is 0.0605. The standard InChI is InChI=1S/C25H30N4O2/c30-25(29(20-6-7-20)21-5-4-18-13-26-14-19(18)12-21)22-2-1-3-24-23(22)15-27-28(24)16-17-8-10-31-11-9-17/h1-3,14-15,17,20-21H,4-13,16H2. The van der Waals surface area contributed by atoms with Crippen LogP contribution in [0.15, 0.2) is 40.5 Å². The van der Waals surface area contributed by atoms with Crippen molar-refractivity contribution in [3.05, 3.63) is 41.1 Å². The van der Waals surface area contributed by atoms with Gasteiger partial charge in [0.25, 0.3) is 5.91 Å². The first kappa shape index (κ1) is 19.2. The van der Waals surface area contributed by atoms with Crippen LogP contribution in [0.2, 0.25) is 0 Å². The van der Waals surface area contributed by atoms with E-state index in [4.69, 9.17) is 4.74 Å². The van der Waals surface area contributed by atoms with Crippen molar-refractivity contribution in [2.45, 2.75) is 63.6 Å². The summed E-state index contributed by atoms with van der Waals surface area (Å²) < 4.78 is 7.60. The highest BCUT2D eigenvalue weighted by atomic mass is 16.5. The number of ether oxygens (including phenoxy) is 1. The molecule has 1 aromatic carbocycles. The summed E-state index contributed by atoms with van der Waals surface area (Å²) >= 11 is 0. The molecule has 0 spiro atoms. The molecule has 2 fully saturated rings. The molecular formula is C25H30N4O2. The maximum Gasteiger partial charge on any atom is 0.255 e. The van der Waals surface area contributed by atoms with Crippen LogP contribution in [0.4, 0.5) is 0 Å². The van der Waals surface area contributed by atoms with Crippen LogP contribution in [0.5, 0.6) is 0 Å². The van der Waals surface area contributed by atoms with Crippen LogP contribution in [-0.4, -0.2) is 58.6 Å². The van der Waals surface area contributed by atoms with E-state index in [1.165, 1.54) is 11.1 Å². The molecule has 6 rings (SSSR count). The largest absolute Gasteiger partial charge is 0.381 e. The van der Waals surface area contributed by atoms with Gasteiger partial charge in [0, 0.05) is 43.4 Å². The number of rotatable bonds is 5. The maximum absolute atomic E-state index is 13.9. The Bertz CT molecular complexity index is 1060. The molecule has 2 aliphatic heterocycles. The van der Waals surface area contributed by atoms with Gasteiger partial charge in [0.15, 0.2) is 0 Å². The fourth-order valence-electron chi connectivity index (χ4n) is 5.56. The van der Waals surface area contributed by atoms with Gasteiger partial charge in [0.1, 0.15) is 0 Å². The topological polar surface area (TPSA) is 59.7 Å². The van der Waals surface area contributed by atoms with Crippen molar-refractivity contribution in [1.29, 1.82) is 0 Å². The zero-order chi connectivity index (χ0) is 20.8. The van der Waals surface area contributed by atoms with Crippen LogP contribution >= 0.6 is 0 Å². The van der Waals surface area contributed by atoms with Gasteiger partial charge in [0.05, 0.1) is 23.8 Å². The lowest BCUT2D eigenvalue weighted by Crippen LogP contribution is -2.43. The van der Waals surface area contributed by atoms with E-state index in [-0.39, 0.29) is 11.9 Å². The van der Waals surface area contributed by atoms with Gasteiger partial charge in [-0.05, 0) is 74.1 Å². The number of hydrogen-bond donors (Lipinski definition) is 0. The molecule has 162 valence electrons. The summed E-state index contributed by atoms with van der Waals surface area (Å²) in [6, 6.07) is 6.80. The summed E-state index contributed by atoms with van der Waals surface area (Å²) in [4.78, 5) is 20.5. The van der Waals surface area contributed by atoms with E-state index in [2.05, 4.69) is 25.7 Å². The third-order valence-corrected chi connectivity index (χ3v) is 7.48. The Morgan fingerprint density at radius 3 is 2.84 bits per heavy atom. The van der Waals surface area contributed by atoms with Crippen molar-refractivity contribution in [2.75, 3.05) is 19.8 Å². The van der Waals surface area contributed by atoms with Crippen molar-refractivity contribution in [2.24, 2.45) is 10.9 Å². The second-order valence-corrected chi connectivity index (χ2v) is 9.56. The third-order valence-electron chi connectivity index (χ3n) is 7.48. The second-order valence-electron chi connectivity index (χ2n) is 9.56. The number of nitrogens with zero attached hydrogens (tertiary/aromatic N) is 4. The second kappa shape index (κ2) is 7.90. The number of amides is 1. The van der Waals surface area contributed by atoms with Gasteiger partial charge in [-0.3, -0.25) is 14.5 Å². The van der Waals surface area contributed by atoms with Crippen LogP contribution in [-0.2, 0) is 11.3 Å². The van der Waals surface area contributed by atoms with Crippen molar-refractivity contribution >= 4 is 23.0 Å². The molecule has 0 N–H and O–H groups in total. The third kappa shape index (κ3) is 3.61. The van der Waals surface area contributed by atoms with Gasteiger partial charge in [-0.1, -0.05) is 6.07 Å². The van der Waals surface area contributed by atoms with Crippen molar-refractivity contribution in [1.82, 2.24) is 14.7 Å². The highest BCUT2D eigenvalue weighted by Crippen LogP contribution is 2.38. The molecule has 1 unspecified atom stereocenters. The molecule has 31 heavy (non-hydrogen) atoms. The van der Waals surface area contributed by atoms with Crippen molar-refractivity contribution < 1.29 is 9.53 Å². The van der Waals surface area contributed by atoms with Gasteiger partial charge < -0.3 is 9.64 Å². The van der Waals surface area contributed by atoms with E-state index in [1.54, 1.807) is 0 Å². The molecule has 1 saturated carbocycles. The SMILES string of the molecule is O=C(c1cccc2c1cnn2CC1CCOCC1)N(C1CC1)C1CCC2=C(C=NC2)C1. The highest BCUT2D eigenvalue weighted by molar-refractivity contribution is 6.06. The quantitative estimate of drug-likeness (QED) is 0.737. The monoisotopic (exact) mass is 418 g/mol. The zero-order valence-electron chi connectivity index (χ0n) is 18.0. The molecule has 2 aliphatic carbocycles. The summed E-state index contributed by atoms with van der Waals surface area (Å²) in [5, 5.41) is 5.68. The van der Waals surface area contributed by atoms with Gasteiger partial charge in [-0.15, -0.1) is 0 Å². The molecule has 2 aromatic rings. The van der Waals surface area contributed by atoms with E-state index in [0.29, 0.717) is 12.0 Å². The first-order valence-corrected chi connectivity index (χ1v) is 11.8. The molecule has 6 heteroatoms. The van der Waals surface area contributed by atoms with Crippen molar-refractivity contribution in [3.8, 4) is 0 Å². The Kier molecular flexibility index (Phi) is 4.90. The van der Waals surface area contributed by atoms with Crippen LogP contribution < -0.4 is 0 Å². The fourth-order valence-corrected chi connectivity index (χ4v) is 5.56. The van der Waals surface area contributed by atoms with Crippen LogP contribution in [0.3, 0.4) is 0 Å². The van der Waals surface area contributed by atoms with Crippen molar-refractivity contribution in [3.63, 3.8) is 0 Å². The van der Waals surface area contributed by atoms with E-state index in [9.17, 15) is 4.79 Å². The Labute approximate surface area is 183 Å². The summed E-state index contributed by atoms with van der Waals surface area (Å²) in [5.74, 6) is 0.777.